The molecule has 3 aromatic rings. The van der Waals surface area contributed by atoms with Crippen LogP contribution in [0.3, 0.4) is 0 Å². The summed E-state index contributed by atoms with van der Waals surface area (Å²) >= 11 is 6.17. The number of benzene rings is 2. The van der Waals surface area contributed by atoms with Gasteiger partial charge in [-0.3, -0.25) is 4.79 Å². The molecular formula is C19H17ClFN3O2. The van der Waals surface area contributed by atoms with E-state index >= 15 is 0 Å². The van der Waals surface area contributed by atoms with E-state index < -0.39 is 11.7 Å². The Morgan fingerprint density at radius 3 is 2.46 bits per heavy atom. The van der Waals surface area contributed by atoms with Crippen LogP contribution < -0.4 is 10.1 Å². The smallest absolute Gasteiger partial charge is 0.255 e. The summed E-state index contributed by atoms with van der Waals surface area (Å²) in [6.07, 6.45) is 0. The third kappa shape index (κ3) is 3.41. The van der Waals surface area contributed by atoms with Crippen molar-refractivity contribution in [2.45, 2.75) is 13.8 Å². The lowest BCUT2D eigenvalue weighted by Gasteiger charge is -2.09. The van der Waals surface area contributed by atoms with Crippen molar-refractivity contribution in [1.29, 1.82) is 0 Å². The summed E-state index contributed by atoms with van der Waals surface area (Å²) in [5, 5.41) is 7.53. The topological polar surface area (TPSA) is 56.1 Å². The van der Waals surface area contributed by atoms with Crippen LogP contribution >= 0.6 is 11.6 Å². The van der Waals surface area contributed by atoms with E-state index in [1.165, 1.54) is 25.3 Å². The largest absolute Gasteiger partial charge is 0.497 e. The normalized spacial score (nSPS) is 10.7. The molecule has 7 heteroatoms. The molecule has 0 saturated carbocycles. The van der Waals surface area contributed by atoms with Gasteiger partial charge >= 0.3 is 0 Å². The van der Waals surface area contributed by atoms with Crippen molar-refractivity contribution in [3.8, 4) is 11.4 Å². The van der Waals surface area contributed by atoms with Crippen LogP contribution in [0.15, 0.2) is 42.5 Å². The summed E-state index contributed by atoms with van der Waals surface area (Å²) in [4.78, 5) is 12.4. The van der Waals surface area contributed by atoms with E-state index in [9.17, 15) is 9.18 Å². The summed E-state index contributed by atoms with van der Waals surface area (Å²) in [6.45, 7) is 3.70. The van der Waals surface area contributed by atoms with Crippen molar-refractivity contribution < 1.29 is 13.9 Å². The molecule has 26 heavy (non-hydrogen) atoms. The van der Waals surface area contributed by atoms with Crippen molar-refractivity contribution in [3.63, 3.8) is 0 Å². The van der Waals surface area contributed by atoms with Crippen molar-refractivity contribution in [2.24, 2.45) is 0 Å². The average Bonchev–Trinajstić information content (AvgIpc) is 2.91. The standard InChI is InChI=1S/C19H17ClFN3O2/c1-11-18(20)12(2)24(23-11)14-6-4-13(5-7-14)19(25)22-17-10-15(26-3)8-9-16(17)21/h4-10H,1-3H3,(H,22,25). The second kappa shape index (κ2) is 7.17. The molecule has 0 atom stereocenters. The van der Waals surface area contributed by atoms with Gasteiger partial charge in [0.05, 0.1) is 34.9 Å². The molecule has 0 radical (unpaired) electrons. The Kier molecular flexibility index (Phi) is 4.95. The number of hydrogen-bond donors (Lipinski definition) is 1. The Balaban J connectivity index is 1.82. The molecular weight excluding hydrogens is 357 g/mol. The van der Waals surface area contributed by atoms with E-state index in [1.807, 2.05) is 13.8 Å². The number of rotatable bonds is 4. The lowest BCUT2D eigenvalue weighted by atomic mass is 10.2. The number of aryl methyl sites for hydroxylation is 1. The molecule has 1 N–H and O–H groups in total. The molecule has 0 aliphatic heterocycles. The Morgan fingerprint density at radius 1 is 1.19 bits per heavy atom. The van der Waals surface area contributed by atoms with Gasteiger partial charge in [-0.15, -0.1) is 0 Å². The molecule has 3 rings (SSSR count). The highest BCUT2D eigenvalue weighted by Crippen LogP contribution is 2.24. The molecule has 0 aliphatic carbocycles. The zero-order valence-corrected chi connectivity index (χ0v) is 15.3. The van der Waals surface area contributed by atoms with Gasteiger partial charge in [-0.2, -0.15) is 5.10 Å². The zero-order valence-electron chi connectivity index (χ0n) is 14.5. The van der Waals surface area contributed by atoms with Crippen LogP contribution in [0.2, 0.25) is 5.02 Å². The van der Waals surface area contributed by atoms with E-state index in [2.05, 4.69) is 10.4 Å². The Morgan fingerprint density at radius 2 is 1.88 bits per heavy atom. The number of amides is 1. The third-order valence-corrected chi connectivity index (χ3v) is 4.55. The first-order chi connectivity index (χ1) is 12.4. The molecule has 1 heterocycles. The van der Waals surface area contributed by atoms with Gasteiger partial charge in [-0.05, 0) is 50.2 Å². The fraction of sp³-hybridized carbons (Fsp3) is 0.158. The summed E-state index contributed by atoms with van der Waals surface area (Å²) in [7, 11) is 1.48. The fourth-order valence-electron chi connectivity index (χ4n) is 2.55. The van der Waals surface area contributed by atoms with Crippen molar-refractivity contribution >= 4 is 23.2 Å². The van der Waals surface area contributed by atoms with Gasteiger partial charge in [0.1, 0.15) is 11.6 Å². The van der Waals surface area contributed by atoms with Crippen molar-refractivity contribution in [2.75, 3.05) is 12.4 Å². The van der Waals surface area contributed by atoms with Gasteiger partial charge < -0.3 is 10.1 Å². The van der Waals surface area contributed by atoms with Gasteiger partial charge in [0.15, 0.2) is 0 Å². The first kappa shape index (κ1) is 17.9. The van der Waals surface area contributed by atoms with Crippen molar-refractivity contribution in [1.82, 2.24) is 9.78 Å². The van der Waals surface area contributed by atoms with E-state index in [-0.39, 0.29) is 5.69 Å². The zero-order chi connectivity index (χ0) is 18.8. The lowest BCUT2D eigenvalue weighted by molar-refractivity contribution is 0.102. The highest BCUT2D eigenvalue weighted by molar-refractivity contribution is 6.31. The Labute approximate surface area is 155 Å². The predicted octanol–water partition coefficient (Wildman–Crippen LogP) is 4.54. The van der Waals surface area contributed by atoms with Crippen molar-refractivity contribution in [3.05, 3.63) is 70.3 Å². The van der Waals surface area contributed by atoms with Gasteiger partial charge in [0.25, 0.3) is 5.91 Å². The maximum absolute atomic E-state index is 13.9. The highest BCUT2D eigenvalue weighted by atomic mass is 35.5. The number of carbonyl (C=O) groups excluding carboxylic acids is 1. The number of nitrogens with one attached hydrogen (secondary N) is 1. The number of halogens is 2. The molecule has 134 valence electrons. The fourth-order valence-corrected chi connectivity index (χ4v) is 2.67. The maximum atomic E-state index is 13.9. The second-order valence-electron chi connectivity index (χ2n) is 5.74. The minimum atomic E-state index is -0.534. The van der Waals surface area contributed by atoms with Crippen LogP contribution in [0, 0.1) is 19.7 Å². The van der Waals surface area contributed by atoms with E-state index in [4.69, 9.17) is 16.3 Å². The van der Waals surface area contributed by atoms with E-state index in [1.54, 1.807) is 28.9 Å². The average molecular weight is 374 g/mol. The highest BCUT2D eigenvalue weighted by Gasteiger charge is 2.13. The third-order valence-electron chi connectivity index (χ3n) is 4.00. The number of aromatic nitrogens is 2. The van der Waals surface area contributed by atoms with Crippen LogP contribution in [-0.4, -0.2) is 22.8 Å². The number of nitrogens with zero attached hydrogens (tertiary/aromatic N) is 2. The van der Waals surface area contributed by atoms with E-state index in [0.717, 1.165) is 17.1 Å². The number of hydrogen-bond acceptors (Lipinski definition) is 3. The number of methoxy groups -OCH3 is 1. The molecule has 1 amide bonds. The molecule has 0 aliphatic rings. The van der Waals surface area contributed by atoms with Crippen LogP contribution in [0.4, 0.5) is 10.1 Å². The summed E-state index contributed by atoms with van der Waals surface area (Å²) in [6, 6.07) is 11.0. The molecule has 0 spiro atoms. The molecule has 0 fully saturated rings. The first-order valence-electron chi connectivity index (χ1n) is 7.87. The predicted molar refractivity (Wildman–Crippen MR) is 99.0 cm³/mol. The Bertz CT molecular complexity index is 968. The molecule has 0 saturated heterocycles. The maximum Gasteiger partial charge on any atom is 0.255 e. The van der Waals surface area contributed by atoms with Gasteiger partial charge in [0.2, 0.25) is 0 Å². The van der Waals surface area contributed by atoms with Crippen LogP contribution in [0.5, 0.6) is 5.75 Å². The molecule has 5 nitrogen and oxygen atoms in total. The molecule has 0 bridgehead atoms. The minimum Gasteiger partial charge on any atom is -0.497 e. The lowest BCUT2D eigenvalue weighted by Crippen LogP contribution is -2.13. The second-order valence-corrected chi connectivity index (χ2v) is 6.12. The first-order valence-corrected chi connectivity index (χ1v) is 8.25. The van der Waals surface area contributed by atoms with Crippen LogP contribution in [0.25, 0.3) is 5.69 Å². The number of ether oxygens (including phenoxy) is 1. The monoisotopic (exact) mass is 373 g/mol. The van der Waals surface area contributed by atoms with E-state index in [0.29, 0.717) is 16.3 Å². The Hall–Kier alpha value is -2.86. The summed E-state index contributed by atoms with van der Waals surface area (Å²) in [5.74, 6) is -0.499. The molecule has 2 aromatic carbocycles. The molecule has 0 unspecified atom stereocenters. The molecule has 1 aromatic heterocycles. The summed E-state index contributed by atoms with van der Waals surface area (Å²) < 4.78 is 20.6. The quantitative estimate of drug-likeness (QED) is 0.730. The minimum absolute atomic E-state index is 0.0590. The van der Waals surface area contributed by atoms with Gasteiger partial charge in [-0.1, -0.05) is 11.6 Å². The number of carbonyl (C=O) groups is 1. The SMILES string of the molecule is COc1ccc(F)c(NC(=O)c2ccc(-n3nc(C)c(Cl)c3C)cc2)c1. The summed E-state index contributed by atoms with van der Waals surface area (Å²) in [5.41, 5.74) is 2.79. The van der Waals surface area contributed by atoms with Gasteiger partial charge in [0, 0.05) is 11.6 Å². The van der Waals surface area contributed by atoms with Gasteiger partial charge in [-0.25, -0.2) is 9.07 Å². The van der Waals surface area contributed by atoms with Crippen LogP contribution in [0.1, 0.15) is 21.7 Å². The number of anilines is 1. The van der Waals surface area contributed by atoms with Crippen LogP contribution in [-0.2, 0) is 0 Å².